The second kappa shape index (κ2) is 12.0. The van der Waals surface area contributed by atoms with Crippen LogP contribution >= 0.6 is 0 Å². The summed E-state index contributed by atoms with van der Waals surface area (Å²) in [6, 6.07) is 0. The molecule has 0 bridgehead atoms. The molecular weight excluding hydrogens is 222 g/mol. The van der Waals surface area contributed by atoms with Gasteiger partial charge in [-0.3, -0.25) is 0 Å². The quantitative estimate of drug-likeness (QED) is 0.346. The maximum atomic E-state index is 10.6. The van der Waals surface area contributed by atoms with E-state index < -0.39 is 0 Å². The van der Waals surface area contributed by atoms with Crippen molar-refractivity contribution in [2.75, 3.05) is 0 Å². The Morgan fingerprint density at radius 2 is 1.11 bits per heavy atom. The van der Waals surface area contributed by atoms with Gasteiger partial charge in [0.05, 0.1) is 0 Å². The Balaban J connectivity index is 3.08. The van der Waals surface area contributed by atoms with Crippen LogP contribution in [0.4, 0.5) is 0 Å². The maximum Gasteiger partial charge on any atom is 0.000819 e. The molecule has 0 aliphatic heterocycles. The topological polar surface area (TPSA) is 35.1 Å². The Bertz CT molecular complexity index is 168. The van der Waals surface area contributed by atoms with Gasteiger partial charge in [0.1, 0.15) is 0 Å². The standard InChI is InChI=1S/C16H34NO/c1-4-5-6-7-8-9-10-11-12-13-14-15-16(2,3)17-18/h17H,4-15H2,1-3H3/q-1. The van der Waals surface area contributed by atoms with Crippen molar-refractivity contribution in [3.63, 3.8) is 0 Å². The summed E-state index contributed by atoms with van der Waals surface area (Å²) in [5.74, 6) is 0. The van der Waals surface area contributed by atoms with Crippen LogP contribution in [-0.4, -0.2) is 5.54 Å². The van der Waals surface area contributed by atoms with E-state index in [0.717, 1.165) is 6.42 Å². The van der Waals surface area contributed by atoms with E-state index in [1.807, 2.05) is 13.8 Å². The van der Waals surface area contributed by atoms with Crippen LogP contribution in [0.5, 0.6) is 0 Å². The van der Waals surface area contributed by atoms with E-state index in [1.54, 1.807) is 0 Å². The normalized spacial score (nSPS) is 12.0. The fourth-order valence-electron chi connectivity index (χ4n) is 2.28. The molecule has 0 saturated heterocycles. The van der Waals surface area contributed by atoms with Gasteiger partial charge in [-0.1, -0.05) is 77.6 Å². The molecule has 0 aromatic rings. The van der Waals surface area contributed by atoms with E-state index in [1.165, 1.54) is 70.6 Å². The molecule has 0 rings (SSSR count). The molecule has 2 nitrogen and oxygen atoms in total. The lowest BCUT2D eigenvalue weighted by Gasteiger charge is -2.30. The molecule has 0 atom stereocenters. The summed E-state index contributed by atoms with van der Waals surface area (Å²) in [6.45, 7) is 6.23. The van der Waals surface area contributed by atoms with E-state index >= 15 is 0 Å². The molecule has 0 saturated carbocycles. The van der Waals surface area contributed by atoms with Crippen molar-refractivity contribution in [3.05, 3.63) is 5.21 Å². The Kier molecular flexibility index (Phi) is 11.9. The van der Waals surface area contributed by atoms with Crippen molar-refractivity contribution in [1.82, 2.24) is 5.48 Å². The Morgan fingerprint density at radius 3 is 1.50 bits per heavy atom. The van der Waals surface area contributed by atoms with Crippen LogP contribution in [0.15, 0.2) is 0 Å². The van der Waals surface area contributed by atoms with Gasteiger partial charge in [-0.05, 0) is 20.3 Å². The van der Waals surface area contributed by atoms with Crippen LogP contribution < -0.4 is 5.48 Å². The molecule has 1 N–H and O–H groups in total. The zero-order valence-electron chi connectivity index (χ0n) is 12.9. The molecule has 0 heterocycles. The minimum absolute atomic E-state index is 0.223. The number of nitrogens with one attached hydrogen (secondary N) is 1. The van der Waals surface area contributed by atoms with Crippen molar-refractivity contribution in [3.8, 4) is 0 Å². The predicted octanol–water partition coefficient (Wildman–Crippen LogP) is 5.55. The van der Waals surface area contributed by atoms with Crippen molar-refractivity contribution < 1.29 is 0 Å². The van der Waals surface area contributed by atoms with Crippen molar-refractivity contribution in [2.24, 2.45) is 0 Å². The zero-order chi connectivity index (χ0) is 13.7. The molecule has 0 amide bonds. The number of hydroxylamine groups is 1. The van der Waals surface area contributed by atoms with Gasteiger partial charge in [0.15, 0.2) is 0 Å². The highest BCUT2D eigenvalue weighted by molar-refractivity contribution is 4.76. The first-order chi connectivity index (χ1) is 8.62. The first-order valence-electron chi connectivity index (χ1n) is 8.01. The van der Waals surface area contributed by atoms with Crippen molar-refractivity contribution in [2.45, 2.75) is 103 Å². The number of unbranched alkanes of at least 4 members (excludes halogenated alkanes) is 10. The molecule has 0 aromatic carbocycles. The lowest BCUT2D eigenvalue weighted by atomic mass is 9.97. The summed E-state index contributed by atoms with van der Waals surface area (Å²) in [7, 11) is 0. The second-order valence-corrected chi connectivity index (χ2v) is 6.27. The molecule has 110 valence electrons. The van der Waals surface area contributed by atoms with Crippen LogP contribution in [0, 0.1) is 5.21 Å². The molecule has 0 aliphatic rings. The SMILES string of the molecule is CCCCCCCCCCCCCC(C)(C)N[O-]. The van der Waals surface area contributed by atoms with Gasteiger partial charge in [-0.15, -0.1) is 0 Å². The van der Waals surface area contributed by atoms with Crippen LogP contribution in [0.1, 0.15) is 97.8 Å². The molecule has 2 heteroatoms. The third-order valence-corrected chi connectivity index (χ3v) is 3.68. The second-order valence-electron chi connectivity index (χ2n) is 6.27. The van der Waals surface area contributed by atoms with Gasteiger partial charge >= 0.3 is 0 Å². The summed E-state index contributed by atoms with van der Waals surface area (Å²) < 4.78 is 0. The van der Waals surface area contributed by atoms with Crippen LogP contribution in [-0.2, 0) is 0 Å². The number of hydrogen-bond acceptors (Lipinski definition) is 2. The Labute approximate surface area is 115 Å². The monoisotopic (exact) mass is 256 g/mol. The molecule has 0 spiro atoms. The predicted molar refractivity (Wildman–Crippen MR) is 81.7 cm³/mol. The van der Waals surface area contributed by atoms with Crippen molar-refractivity contribution in [1.29, 1.82) is 0 Å². The summed E-state index contributed by atoms with van der Waals surface area (Å²) in [4.78, 5) is 0. The van der Waals surface area contributed by atoms with Crippen LogP contribution in [0.2, 0.25) is 0 Å². The van der Waals surface area contributed by atoms with Gasteiger partial charge in [-0.25, -0.2) is 0 Å². The molecule has 0 radical (unpaired) electrons. The number of rotatable bonds is 13. The van der Waals surface area contributed by atoms with Crippen molar-refractivity contribution >= 4 is 0 Å². The van der Waals surface area contributed by atoms with Gasteiger partial charge in [0.2, 0.25) is 0 Å². The van der Waals surface area contributed by atoms with Gasteiger partial charge in [0, 0.05) is 5.54 Å². The van der Waals surface area contributed by atoms with Gasteiger partial charge in [0.25, 0.3) is 0 Å². The highest BCUT2D eigenvalue weighted by Gasteiger charge is 2.10. The summed E-state index contributed by atoms with van der Waals surface area (Å²) in [5, 5.41) is 10.6. The summed E-state index contributed by atoms with van der Waals surface area (Å²) in [5.41, 5.74) is 1.90. The Morgan fingerprint density at radius 1 is 0.722 bits per heavy atom. The van der Waals surface area contributed by atoms with Gasteiger partial charge in [-0.2, -0.15) is 0 Å². The number of hydrogen-bond donors (Lipinski definition) is 1. The summed E-state index contributed by atoms with van der Waals surface area (Å²) in [6.07, 6.45) is 16.0. The first-order valence-corrected chi connectivity index (χ1v) is 8.01. The van der Waals surface area contributed by atoms with E-state index in [9.17, 15) is 5.21 Å². The van der Waals surface area contributed by atoms with Gasteiger partial charge < -0.3 is 10.7 Å². The third-order valence-electron chi connectivity index (χ3n) is 3.68. The fourth-order valence-corrected chi connectivity index (χ4v) is 2.28. The molecule has 0 unspecified atom stereocenters. The van der Waals surface area contributed by atoms with E-state index in [-0.39, 0.29) is 5.54 Å². The average molecular weight is 256 g/mol. The fraction of sp³-hybridized carbons (Fsp3) is 1.00. The molecule has 0 aromatic heterocycles. The molecule has 0 fully saturated rings. The minimum Gasteiger partial charge on any atom is -0.787 e. The zero-order valence-corrected chi connectivity index (χ0v) is 12.9. The molecule has 18 heavy (non-hydrogen) atoms. The smallest absolute Gasteiger partial charge is 0.000819 e. The van der Waals surface area contributed by atoms with Crippen LogP contribution in [0.3, 0.4) is 0 Å². The summed E-state index contributed by atoms with van der Waals surface area (Å²) >= 11 is 0. The average Bonchev–Trinajstić information content (AvgIpc) is 2.36. The van der Waals surface area contributed by atoms with E-state index in [0.29, 0.717) is 0 Å². The first kappa shape index (κ1) is 17.9. The minimum atomic E-state index is -0.223. The van der Waals surface area contributed by atoms with E-state index in [4.69, 9.17) is 0 Å². The lowest BCUT2D eigenvalue weighted by molar-refractivity contribution is 0.387. The highest BCUT2D eigenvalue weighted by Crippen LogP contribution is 2.16. The third kappa shape index (κ3) is 12.4. The lowest BCUT2D eigenvalue weighted by Crippen LogP contribution is -2.34. The molecular formula is C16H34NO-. The highest BCUT2D eigenvalue weighted by atomic mass is 16.5. The molecule has 0 aliphatic carbocycles. The largest absolute Gasteiger partial charge is 0.787 e. The van der Waals surface area contributed by atoms with E-state index in [2.05, 4.69) is 12.4 Å². The van der Waals surface area contributed by atoms with Crippen LogP contribution in [0.25, 0.3) is 0 Å². The Hall–Kier alpha value is -0.0800. The maximum absolute atomic E-state index is 10.6.